The number of fused-ring (bicyclic) bond motifs is 6. The number of benzene rings is 2. The highest BCUT2D eigenvalue weighted by Gasteiger charge is 2.71. The largest absolute Gasteiger partial charge is 0.482 e. The highest BCUT2D eigenvalue weighted by Crippen LogP contribution is 2.68. The number of ether oxygens (including phenoxy) is 4. The van der Waals surface area contributed by atoms with Gasteiger partial charge in [-0.15, -0.1) is 0 Å². The first-order valence-electron chi connectivity index (χ1n) is 16.8. The zero-order chi connectivity index (χ0) is 34.1. The van der Waals surface area contributed by atoms with Crippen LogP contribution >= 0.6 is 11.6 Å². The molecule has 0 bridgehead atoms. The van der Waals surface area contributed by atoms with Gasteiger partial charge in [-0.3, -0.25) is 4.98 Å². The fourth-order valence-corrected chi connectivity index (χ4v) is 9.67. The Bertz CT molecular complexity index is 1950. The summed E-state index contributed by atoms with van der Waals surface area (Å²) in [7, 11) is 0. The van der Waals surface area contributed by atoms with Gasteiger partial charge in [0.05, 0.1) is 29.4 Å². The molecule has 3 fully saturated rings. The van der Waals surface area contributed by atoms with E-state index in [-0.39, 0.29) is 39.7 Å². The van der Waals surface area contributed by atoms with Crippen molar-refractivity contribution in [2.45, 2.75) is 70.2 Å². The number of carbonyl (C=O) groups excluding carboxylic acids is 1. The Morgan fingerprint density at radius 2 is 1.80 bits per heavy atom. The predicted molar refractivity (Wildman–Crippen MR) is 180 cm³/mol. The first-order chi connectivity index (χ1) is 23.5. The van der Waals surface area contributed by atoms with E-state index in [1.54, 1.807) is 54.9 Å². The molecule has 4 heterocycles. The Morgan fingerprint density at radius 1 is 1.02 bits per heavy atom. The van der Waals surface area contributed by atoms with E-state index in [9.17, 15) is 14.7 Å². The lowest BCUT2D eigenvalue weighted by molar-refractivity contribution is -0.330. The van der Waals surface area contributed by atoms with Crippen LogP contribution in [0.3, 0.4) is 0 Å². The summed E-state index contributed by atoms with van der Waals surface area (Å²) in [5.41, 5.74) is -1.18. The zero-order valence-electron chi connectivity index (χ0n) is 27.5. The van der Waals surface area contributed by atoms with Crippen LogP contribution in [0.25, 0.3) is 11.3 Å². The number of rotatable bonds is 4. The molecule has 1 N–H and O–H groups in total. The average Bonchev–Trinajstić information content (AvgIpc) is 3.09. The van der Waals surface area contributed by atoms with E-state index < -0.39 is 52.4 Å². The number of esters is 1. The monoisotopic (exact) mass is 683 g/mol. The van der Waals surface area contributed by atoms with Crippen LogP contribution in [0.5, 0.6) is 5.75 Å². The second kappa shape index (κ2) is 11.8. The number of aliphatic hydroxyl groups is 1. The third-order valence-electron chi connectivity index (χ3n) is 11.8. The second-order valence-corrected chi connectivity index (χ2v) is 14.9. The van der Waals surface area contributed by atoms with Crippen molar-refractivity contribution in [3.05, 3.63) is 117 Å². The Hall–Kier alpha value is -4.02. The molecule has 9 atom stereocenters. The Kier molecular flexibility index (Phi) is 7.75. The number of halogens is 1. The van der Waals surface area contributed by atoms with E-state index in [0.717, 1.165) is 5.56 Å². The third kappa shape index (κ3) is 5.04. The lowest BCUT2D eigenvalue weighted by Crippen LogP contribution is -2.71. The van der Waals surface area contributed by atoms with Gasteiger partial charge >= 0.3 is 11.6 Å². The van der Waals surface area contributed by atoms with Gasteiger partial charge in [0.25, 0.3) is 0 Å². The molecule has 2 aliphatic carbocycles. The van der Waals surface area contributed by atoms with Gasteiger partial charge in [0.2, 0.25) is 0 Å². The van der Waals surface area contributed by atoms with E-state index in [1.165, 1.54) is 0 Å². The number of aromatic nitrogens is 1. The molecular weight excluding hydrogens is 646 g/mol. The van der Waals surface area contributed by atoms with Crippen LogP contribution in [0.1, 0.15) is 73.9 Å². The third-order valence-corrected chi connectivity index (χ3v) is 12.1. The zero-order valence-corrected chi connectivity index (χ0v) is 28.3. The maximum absolute atomic E-state index is 13.8. The Morgan fingerprint density at radius 3 is 2.55 bits per heavy atom. The number of nitrogens with zero attached hydrogens (tertiary/aromatic N) is 1. The van der Waals surface area contributed by atoms with Crippen molar-refractivity contribution in [1.29, 1.82) is 0 Å². The molecule has 2 aromatic heterocycles. The fraction of sp³-hybridized carbons (Fsp3) is 0.410. The molecule has 4 aromatic rings. The van der Waals surface area contributed by atoms with Gasteiger partial charge in [0.15, 0.2) is 6.29 Å². The van der Waals surface area contributed by atoms with Crippen molar-refractivity contribution in [3.8, 4) is 17.1 Å². The van der Waals surface area contributed by atoms with E-state index in [0.29, 0.717) is 31.4 Å². The molecule has 0 amide bonds. The maximum Gasteiger partial charge on any atom is 0.345 e. The SMILES string of the molecule is C[C@]12CC[C@@H]3OC(c4ccccc4)OC[C@@]3(C)C1C[C@H](OC(=O)c1ccccc1Cl)[C@@]1(C)Oc3cc(-c4cccnc4)oc(=O)c3[C@H](O)C21. The van der Waals surface area contributed by atoms with Crippen LogP contribution in [0.2, 0.25) is 5.02 Å². The van der Waals surface area contributed by atoms with Crippen LogP contribution in [-0.2, 0) is 14.2 Å². The molecule has 8 rings (SSSR count). The van der Waals surface area contributed by atoms with Gasteiger partial charge in [0.1, 0.15) is 28.8 Å². The average molecular weight is 684 g/mol. The van der Waals surface area contributed by atoms with Gasteiger partial charge in [-0.25, -0.2) is 9.59 Å². The first kappa shape index (κ1) is 32.2. The van der Waals surface area contributed by atoms with E-state index in [2.05, 4.69) is 18.8 Å². The fourth-order valence-electron chi connectivity index (χ4n) is 9.46. The van der Waals surface area contributed by atoms with Gasteiger partial charge in [0, 0.05) is 40.9 Å². The van der Waals surface area contributed by atoms with Gasteiger partial charge in [-0.1, -0.05) is 67.9 Å². The van der Waals surface area contributed by atoms with Crippen molar-refractivity contribution in [1.82, 2.24) is 4.98 Å². The molecule has 254 valence electrons. The number of carbonyl (C=O) groups is 1. The van der Waals surface area contributed by atoms with E-state index >= 15 is 0 Å². The summed E-state index contributed by atoms with van der Waals surface area (Å²) in [6.45, 7) is 6.59. The highest BCUT2D eigenvalue weighted by atomic mass is 35.5. The van der Waals surface area contributed by atoms with E-state index in [1.807, 2.05) is 37.3 Å². The van der Waals surface area contributed by atoms with Crippen molar-refractivity contribution >= 4 is 17.6 Å². The quantitative estimate of drug-likeness (QED) is 0.221. The molecule has 1 saturated heterocycles. The first-order valence-corrected chi connectivity index (χ1v) is 17.1. The number of hydrogen-bond donors (Lipinski definition) is 1. The highest BCUT2D eigenvalue weighted by molar-refractivity contribution is 6.33. The smallest absolute Gasteiger partial charge is 0.345 e. The molecule has 2 aromatic carbocycles. The van der Waals surface area contributed by atoms with Crippen LogP contribution in [0, 0.1) is 22.7 Å². The maximum atomic E-state index is 13.8. The summed E-state index contributed by atoms with van der Waals surface area (Å²) in [4.78, 5) is 31.7. The topological polar surface area (TPSA) is 117 Å². The summed E-state index contributed by atoms with van der Waals surface area (Å²) in [5.74, 6) is -0.958. The normalized spacial score (nSPS) is 34.7. The molecule has 49 heavy (non-hydrogen) atoms. The Labute approximate surface area is 289 Å². The van der Waals surface area contributed by atoms with E-state index in [4.69, 9.17) is 35.0 Å². The number of pyridine rings is 1. The van der Waals surface area contributed by atoms with Gasteiger partial charge in [-0.05, 0) is 61.8 Å². The molecular formula is C39H38ClNO8. The summed E-state index contributed by atoms with van der Waals surface area (Å²) >= 11 is 6.45. The minimum absolute atomic E-state index is 0.0562. The minimum atomic E-state index is -1.27. The van der Waals surface area contributed by atoms with Crippen molar-refractivity contribution in [2.75, 3.05) is 6.61 Å². The minimum Gasteiger partial charge on any atom is -0.482 e. The summed E-state index contributed by atoms with van der Waals surface area (Å²) in [6.07, 6.45) is 2.25. The van der Waals surface area contributed by atoms with Crippen LogP contribution in [-0.4, -0.2) is 40.5 Å². The van der Waals surface area contributed by atoms with Gasteiger partial charge < -0.3 is 28.5 Å². The van der Waals surface area contributed by atoms with Crippen molar-refractivity contribution in [2.24, 2.45) is 22.7 Å². The lowest BCUT2D eigenvalue weighted by atomic mass is 9.42. The molecule has 4 aliphatic rings. The Balaban J connectivity index is 1.22. The molecule has 0 radical (unpaired) electrons. The lowest BCUT2D eigenvalue weighted by Gasteiger charge is -2.67. The van der Waals surface area contributed by atoms with Crippen LogP contribution in [0.15, 0.2) is 94.4 Å². The molecule has 3 unspecified atom stereocenters. The summed E-state index contributed by atoms with van der Waals surface area (Å²) in [5, 5.41) is 12.6. The standard InChI is InChI=1S/C39H38ClNO8/c1-37-16-15-29-38(2,21-45-36(48-29)22-10-5-4-6-11-22)28(37)19-30(47-34(43)24-13-7-8-14-25(24)40)39(3)33(37)32(42)31-27(49-39)18-26(46-35(31)44)23-12-9-17-41-20-23/h4-14,17-18,20,28-30,32-33,36,42H,15-16,19,21H2,1-3H3/t28?,29-,30-,32-,33?,36?,37-,38-,39+/m0/s1. The summed E-state index contributed by atoms with van der Waals surface area (Å²) in [6, 6.07) is 21.8. The molecule has 10 heteroatoms. The molecule has 2 aliphatic heterocycles. The molecule has 0 spiro atoms. The summed E-state index contributed by atoms with van der Waals surface area (Å²) < 4.78 is 32.1. The molecule has 9 nitrogen and oxygen atoms in total. The van der Waals surface area contributed by atoms with Crippen LogP contribution < -0.4 is 10.4 Å². The van der Waals surface area contributed by atoms with Crippen LogP contribution in [0.4, 0.5) is 0 Å². The van der Waals surface area contributed by atoms with Gasteiger partial charge in [-0.2, -0.15) is 0 Å². The molecule has 2 saturated carbocycles. The van der Waals surface area contributed by atoms with Crippen molar-refractivity contribution in [3.63, 3.8) is 0 Å². The predicted octanol–water partition coefficient (Wildman–Crippen LogP) is 7.32. The number of aliphatic hydroxyl groups excluding tert-OH is 1. The van der Waals surface area contributed by atoms with Crippen molar-refractivity contribution < 1.29 is 33.3 Å². The number of hydrogen-bond acceptors (Lipinski definition) is 9. The second-order valence-electron chi connectivity index (χ2n) is 14.5.